The second kappa shape index (κ2) is 3.74. The summed E-state index contributed by atoms with van der Waals surface area (Å²) in [5.41, 5.74) is 3.57. The van der Waals surface area contributed by atoms with Crippen molar-refractivity contribution in [3.8, 4) is 11.5 Å². The molecule has 86 valence electrons. The molecule has 1 aromatic heterocycles. The van der Waals surface area contributed by atoms with Gasteiger partial charge in [-0.25, -0.2) is 0 Å². The molecule has 3 heteroatoms. The molecule has 0 saturated heterocycles. The second-order valence-corrected chi connectivity index (χ2v) is 3.96. The van der Waals surface area contributed by atoms with Crippen molar-refractivity contribution in [2.45, 2.75) is 13.8 Å². The van der Waals surface area contributed by atoms with Crippen LogP contribution in [0.4, 0.5) is 0 Å². The second-order valence-electron chi connectivity index (χ2n) is 3.96. The Bertz CT molecular complexity index is 494. The maximum Gasteiger partial charge on any atom is 0.143 e. The van der Waals surface area contributed by atoms with E-state index in [-0.39, 0.29) is 0 Å². The Balaban J connectivity index is 2.96. The first kappa shape index (κ1) is 10.9. The summed E-state index contributed by atoms with van der Waals surface area (Å²) in [6.45, 7) is 4.22. The van der Waals surface area contributed by atoms with E-state index in [1.54, 1.807) is 14.2 Å². The minimum atomic E-state index is 0.884. The summed E-state index contributed by atoms with van der Waals surface area (Å²) >= 11 is 0. The number of ether oxygens (including phenoxy) is 2. The Labute approximate surface area is 95.6 Å². The van der Waals surface area contributed by atoms with Gasteiger partial charge in [0.2, 0.25) is 0 Å². The van der Waals surface area contributed by atoms with Crippen LogP contribution in [0.3, 0.4) is 0 Å². The highest BCUT2D eigenvalue weighted by molar-refractivity contribution is 5.95. The fourth-order valence-corrected chi connectivity index (χ4v) is 2.18. The lowest BCUT2D eigenvalue weighted by molar-refractivity contribution is 0.409. The Morgan fingerprint density at radius 3 is 2.12 bits per heavy atom. The molecule has 2 aromatic rings. The Morgan fingerprint density at radius 1 is 1.00 bits per heavy atom. The third-order valence-electron chi connectivity index (χ3n) is 3.30. The van der Waals surface area contributed by atoms with Crippen molar-refractivity contribution in [3.05, 3.63) is 23.4 Å². The van der Waals surface area contributed by atoms with Crippen molar-refractivity contribution in [2.24, 2.45) is 7.05 Å². The van der Waals surface area contributed by atoms with Gasteiger partial charge < -0.3 is 14.0 Å². The maximum absolute atomic E-state index is 5.41. The molecule has 0 saturated carbocycles. The van der Waals surface area contributed by atoms with Crippen molar-refractivity contribution in [1.82, 2.24) is 4.57 Å². The van der Waals surface area contributed by atoms with Crippen LogP contribution in [0.5, 0.6) is 11.5 Å². The van der Waals surface area contributed by atoms with Crippen LogP contribution in [-0.4, -0.2) is 18.8 Å². The van der Waals surface area contributed by atoms with Gasteiger partial charge in [-0.3, -0.25) is 0 Å². The number of methoxy groups -OCH3 is 2. The molecule has 1 heterocycles. The molecule has 0 spiro atoms. The van der Waals surface area contributed by atoms with Crippen LogP contribution in [0.2, 0.25) is 0 Å². The number of rotatable bonds is 2. The first-order valence-electron chi connectivity index (χ1n) is 5.28. The van der Waals surface area contributed by atoms with E-state index in [0.717, 1.165) is 22.4 Å². The summed E-state index contributed by atoms with van der Waals surface area (Å²) in [6, 6.07) is 3.90. The molecule has 2 rings (SSSR count). The van der Waals surface area contributed by atoms with Gasteiger partial charge in [0, 0.05) is 18.1 Å². The predicted molar refractivity (Wildman–Crippen MR) is 65.5 cm³/mol. The van der Waals surface area contributed by atoms with E-state index in [4.69, 9.17) is 9.47 Å². The molecule has 0 aliphatic heterocycles. The monoisotopic (exact) mass is 219 g/mol. The number of nitrogens with zero attached hydrogens (tertiary/aromatic N) is 1. The molecular formula is C13H17NO2. The van der Waals surface area contributed by atoms with Crippen LogP contribution in [0.15, 0.2) is 12.1 Å². The third-order valence-corrected chi connectivity index (χ3v) is 3.30. The predicted octanol–water partition coefficient (Wildman–Crippen LogP) is 2.81. The van der Waals surface area contributed by atoms with Gasteiger partial charge in [-0.1, -0.05) is 0 Å². The fraction of sp³-hybridized carbons (Fsp3) is 0.385. The summed E-state index contributed by atoms with van der Waals surface area (Å²) in [5.74, 6) is 1.78. The SMILES string of the molecule is COc1ccc(OC)c2c1c(C)c(C)n2C. The molecule has 0 aliphatic rings. The number of hydrogen-bond donors (Lipinski definition) is 0. The molecule has 0 unspecified atom stereocenters. The zero-order valence-electron chi connectivity index (χ0n) is 10.4. The van der Waals surface area contributed by atoms with Gasteiger partial charge in [-0.15, -0.1) is 0 Å². The molecule has 0 radical (unpaired) electrons. The lowest BCUT2D eigenvalue weighted by Gasteiger charge is -2.08. The molecule has 3 nitrogen and oxygen atoms in total. The van der Waals surface area contributed by atoms with Crippen LogP contribution < -0.4 is 9.47 Å². The summed E-state index contributed by atoms with van der Waals surface area (Å²) in [6.07, 6.45) is 0. The van der Waals surface area contributed by atoms with Gasteiger partial charge in [-0.2, -0.15) is 0 Å². The van der Waals surface area contributed by atoms with Crippen molar-refractivity contribution in [1.29, 1.82) is 0 Å². The van der Waals surface area contributed by atoms with E-state index in [0.29, 0.717) is 0 Å². The minimum absolute atomic E-state index is 0.884. The van der Waals surface area contributed by atoms with Crippen molar-refractivity contribution in [2.75, 3.05) is 14.2 Å². The summed E-state index contributed by atoms with van der Waals surface area (Å²) in [5, 5.41) is 1.14. The Hall–Kier alpha value is -1.64. The number of aromatic nitrogens is 1. The van der Waals surface area contributed by atoms with Crippen molar-refractivity contribution >= 4 is 10.9 Å². The first-order valence-corrected chi connectivity index (χ1v) is 5.28. The zero-order valence-corrected chi connectivity index (χ0v) is 10.4. The van der Waals surface area contributed by atoms with Crippen LogP contribution in [0.1, 0.15) is 11.3 Å². The van der Waals surface area contributed by atoms with E-state index in [1.807, 2.05) is 19.2 Å². The highest BCUT2D eigenvalue weighted by atomic mass is 16.5. The van der Waals surface area contributed by atoms with Crippen molar-refractivity contribution < 1.29 is 9.47 Å². The smallest absolute Gasteiger partial charge is 0.143 e. The Kier molecular flexibility index (Phi) is 2.54. The highest BCUT2D eigenvalue weighted by Gasteiger charge is 2.16. The summed E-state index contributed by atoms with van der Waals surface area (Å²) in [7, 11) is 5.44. The van der Waals surface area contributed by atoms with Gasteiger partial charge in [0.1, 0.15) is 11.5 Å². The number of aryl methyl sites for hydroxylation is 2. The Morgan fingerprint density at radius 2 is 1.56 bits per heavy atom. The minimum Gasteiger partial charge on any atom is -0.496 e. The quantitative estimate of drug-likeness (QED) is 0.775. The van der Waals surface area contributed by atoms with Gasteiger partial charge in [0.25, 0.3) is 0 Å². The molecule has 0 bridgehead atoms. The third kappa shape index (κ3) is 1.28. The van der Waals surface area contributed by atoms with Crippen LogP contribution in [-0.2, 0) is 7.05 Å². The van der Waals surface area contributed by atoms with Crippen LogP contribution in [0.25, 0.3) is 10.9 Å². The van der Waals surface area contributed by atoms with Gasteiger partial charge >= 0.3 is 0 Å². The number of hydrogen-bond acceptors (Lipinski definition) is 2. The van der Waals surface area contributed by atoms with E-state index in [9.17, 15) is 0 Å². The lowest BCUT2D eigenvalue weighted by atomic mass is 10.1. The summed E-state index contributed by atoms with van der Waals surface area (Å²) < 4.78 is 13.0. The topological polar surface area (TPSA) is 23.4 Å². The first-order chi connectivity index (χ1) is 7.61. The highest BCUT2D eigenvalue weighted by Crippen LogP contribution is 2.37. The van der Waals surface area contributed by atoms with Gasteiger partial charge in [0.05, 0.1) is 19.7 Å². The van der Waals surface area contributed by atoms with Crippen LogP contribution in [0, 0.1) is 13.8 Å². The molecule has 0 fully saturated rings. The molecule has 16 heavy (non-hydrogen) atoms. The zero-order chi connectivity index (χ0) is 11.9. The molecular weight excluding hydrogens is 202 g/mol. The van der Waals surface area contributed by atoms with E-state index in [2.05, 4.69) is 18.4 Å². The van der Waals surface area contributed by atoms with E-state index >= 15 is 0 Å². The average Bonchev–Trinajstić information content (AvgIpc) is 2.54. The number of fused-ring (bicyclic) bond motifs is 1. The molecule has 0 N–H and O–H groups in total. The number of benzene rings is 1. The van der Waals surface area contributed by atoms with E-state index in [1.165, 1.54) is 11.3 Å². The lowest BCUT2D eigenvalue weighted by Crippen LogP contribution is -1.94. The normalized spacial score (nSPS) is 10.8. The average molecular weight is 219 g/mol. The molecule has 0 atom stereocenters. The molecule has 0 aliphatic carbocycles. The van der Waals surface area contributed by atoms with Crippen molar-refractivity contribution in [3.63, 3.8) is 0 Å². The van der Waals surface area contributed by atoms with E-state index < -0.39 is 0 Å². The molecule has 0 amide bonds. The van der Waals surface area contributed by atoms with Crippen LogP contribution >= 0.6 is 0 Å². The van der Waals surface area contributed by atoms with Gasteiger partial charge in [-0.05, 0) is 31.5 Å². The largest absolute Gasteiger partial charge is 0.496 e. The van der Waals surface area contributed by atoms with Gasteiger partial charge in [0.15, 0.2) is 0 Å². The molecule has 1 aromatic carbocycles. The standard InChI is InChI=1S/C13H17NO2/c1-8-9(2)14(3)13-11(16-5)7-6-10(15-4)12(8)13/h6-7H,1-5H3. The maximum atomic E-state index is 5.41. The summed E-state index contributed by atoms with van der Waals surface area (Å²) in [4.78, 5) is 0. The fourth-order valence-electron chi connectivity index (χ4n) is 2.18.